The molecule has 3 rings (SSSR count). The molecule has 0 spiro atoms. The first-order chi connectivity index (χ1) is 12.8. The smallest absolute Gasteiger partial charge is 0.191 e. The molecule has 1 aliphatic carbocycles. The number of aryl methyl sites for hydroxylation is 1. The van der Waals surface area contributed by atoms with Crippen LogP contribution in [-0.2, 0) is 12.8 Å². The van der Waals surface area contributed by atoms with Gasteiger partial charge < -0.3 is 15.5 Å². The molecule has 1 saturated heterocycles. The Bertz CT molecular complexity index is 552. The van der Waals surface area contributed by atoms with Crippen molar-refractivity contribution in [3.8, 4) is 0 Å². The van der Waals surface area contributed by atoms with E-state index in [1.165, 1.54) is 62.7 Å². The highest BCUT2D eigenvalue weighted by atomic mass is 15.2. The topological polar surface area (TPSA) is 39.7 Å². The van der Waals surface area contributed by atoms with Gasteiger partial charge in [0.05, 0.1) is 0 Å². The molecule has 0 aromatic heterocycles. The molecule has 26 heavy (non-hydrogen) atoms. The highest BCUT2D eigenvalue weighted by molar-refractivity contribution is 5.79. The average molecular weight is 357 g/mol. The quantitative estimate of drug-likeness (QED) is 0.606. The molecule has 2 N–H and O–H groups in total. The van der Waals surface area contributed by atoms with E-state index in [0.29, 0.717) is 6.04 Å². The Kier molecular flexibility index (Phi) is 7.36. The second kappa shape index (κ2) is 9.96. The third-order valence-corrected chi connectivity index (χ3v) is 6.07. The van der Waals surface area contributed by atoms with Crippen LogP contribution in [0.25, 0.3) is 0 Å². The first-order valence-corrected chi connectivity index (χ1v) is 10.6. The molecule has 1 aromatic rings. The summed E-state index contributed by atoms with van der Waals surface area (Å²) in [5, 5.41) is 7.12. The highest BCUT2D eigenvalue weighted by Crippen LogP contribution is 2.26. The van der Waals surface area contributed by atoms with E-state index in [1.807, 2.05) is 7.05 Å². The minimum atomic E-state index is 0.558. The van der Waals surface area contributed by atoms with Crippen LogP contribution >= 0.6 is 0 Å². The maximum absolute atomic E-state index is 4.42. The van der Waals surface area contributed by atoms with Crippen molar-refractivity contribution in [2.24, 2.45) is 4.99 Å². The lowest BCUT2D eigenvalue weighted by Gasteiger charge is -2.36. The number of nitrogens with zero attached hydrogens (tertiary/aromatic N) is 2. The van der Waals surface area contributed by atoms with Crippen LogP contribution in [-0.4, -0.2) is 49.6 Å². The van der Waals surface area contributed by atoms with E-state index < -0.39 is 0 Å². The zero-order valence-electron chi connectivity index (χ0n) is 16.6. The van der Waals surface area contributed by atoms with Crippen molar-refractivity contribution in [3.05, 3.63) is 35.4 Å². The van der Waals surface area contributed by atoms with Gasteiger partial charge >= 0.3 is 0 Å². The maximum atomic E-state index is 4.42. The summed E-state index contributed by atoms with van der Waals surface area (Å²) in [6.07, 6.45) is 10.3. The van der Waals surface area contributed by atoms with Crippen LogP contribution in [0.3, 0.4) is 0 Å². The van der Waals surface area contributed by atoms with Gasteiger partial charge in [0.15, 0.2) is 5.96 Å². The average Bonchev–Trinajstić information content (AvgIpc) is 3.23. The van der Waals surface area contributed by atoms with Crippen LogP contribution in [0.4, 0.5) is 0 Å². The SMILES string of the molecule is CCc1ccc(CCNC(=NC)NC2CCN(C3CCCC3)CC2)cc1. The van der Waals surface area contributed by atoms with Crippen LogP contribution in [0, 0.1) is 0 Å². The number of piperidine rings is 1. The Morgan fingerprint density at radius 1 is 1.04 bits per heavy atom. The molecule has 4 heteroatoms. The number of hydrogen-bond acceptors (Lipinski definition) is 2. The number of aliphatic imine (C=N–C) groups is 1. The number of rotatable bonds is 6. The largest absolute Gasteiger partial charge is 0.356 e. The summed E-state index contributed by atoms with van der Waals surface area (Å²) >= 11 is 0. The molecule has 2 fully saturated rings. The van der Waals surface area contributed by atoms with Crippen molar-refractivity contribution in [1.29, 1.82) is 0 Å². The lowest BCUT2D eigenvalue weighted by Crippen LogP contribution is -2.50. The Hall–Kier alpha value is -1.55. The fourth-order valence-corrected chi connectivity index (χ4v) is 4.33. The Labute approximate surface area is 159 Å². The zero-order valence-corrected chi connectivity index (χ0v) is 16.6. The van der Waals surface area contributed by atoms with Gasteiger partial charge in [-0.15, -0.1) is 0 Å². The third-order valence-electron chi connectivity index (χ3n) is 6.07. The van der Waals surface area contributed by atoms with Crippen molar-refractivity contribution in [1.82, 2.24) is 15.5 Å². The molecule has 1 saturated carbocycles. The first kappa shape index (κ1) is 19.2. The normalized spacial score (nSPS) is 20.5. The number of nitrogens with one attached hydrogen (secondary N) is 2. The van der Waals surface area contributed by atoms with Crippen LogP contribution < -0.4 is 10.6 Å². The van der Waals surface area contributed by atoms with Crippen LogP contribution in [0.2, 0.25) is 0 Å². The van der Waals surface area contributed by atoms with E-state index in [-0.39, 0.29) is 0 Å². The fourth-order valence-electron chi connectivity index (χ4n) is 4.33. The second-order valence-corrected chi connectivity index (χ2v) is 7.81. The minimum absolute atomic E-state index is 0.558. The predicted octanol–water partition coefficient (Wildman–Crippen LogP) is 3.36. The predicted molar refractivity (Wildman–Crippen MR) is 111 cm³/mol. The Morgan fingerprint density at radius 3 is 2.31 bits per heavy atom. The number of guanidine groups is 1. The molecule has 144 valence electrons. The second-order valence-electron chi connectivity index (χ2n) is 7.81. The summed E-state index contributed by atoms with van der Waals surface area (Å²) in [4.78, 5) is 7.14. The number of likely N-dealkylation sites (tertiary alicyclic amines) is 1. The van der Waals surface area contributed by atoms with Crippen LogP contribution in [0.1, 0.15) is 56.6 Å². The Morgan fingerprint density at radius 2 is 1.69 bits per heavy atom. The van der Waals surface area contributed by atoms with Gasteiger partial charge in [-0.1, -0.05) is 44.0 Å². The van der Waals surface area contributed by atoms with E-state index in [0.717, 1.165) is 31.4 Å². The summed E-state index contributed by atoms with van der Waals surface area (Å²) in [6, 6.07) is 10.4. The van der Waals surface area contributed by atoms with E-state index in [9.17, 15) is 0 Å². The van der Waals surface area contributed by atoms with Crippen molar-refractivity contribution < 1.29 is 0 Å². The van der Waals surface area contributed by atoms with Crippen molar-refractivity contribution in [2.75, 3.05) is 26.7 Å². The molecule has 1 heterocycles. The molecule has 0 radical (unpaired) electrons. The number of benzene rings is 1. The monoisotopic (exact) mass is 356 g/mol. The van der Waals surface area contributed by atoms with Gasteiger partial charge in [0, 0.05) is 38.8 Å². The number of hydrogen-bond donors (Lipinski definition) is 2. The summed E-state index contributed by atoms with van der Waals surface area (Å²) in [5.74, 6) is 0.953. The van der Waals surface area contributed by atoms with Crippen molar-refractivity contribution in [3.63, 3.8) is 0 Å². The lowest BCUT2D eigenvalue weighted by molar-refractivity contribution is 0.150. The van der Waals surface area contributed by atoms with Crippen LogP contribution in [0.15, 0.2) is 29.3 Å². The van der Waals surface area contributed by atoms with Gasteiger partial charge in [-0.3, -0.25) is 4.99 Å². The molecular weight excluding hydrogens is 320 g/mol. The molecule has 1 aromatic carbocycles. The summed E-state index contributed by atoms with van der Waals surface area (Å²) < 4.78 is 0. The maximum Gasteiger partial charge on any atom is 0.191 e. The van der Waals surface area contributed by atoms with E-state index >= 15 is 0 Å². The standard InChI is InChI=1S/C22H36N4/c1-3-18-8-10-19(11-9-18)12-15-24-22(23-2)25-20-13-16-26(17-14-20)21-6-4-5-7-21/h8-11,20-21H,3-7,12-17H2,1-2H3,(H2,23,24,25). The van der Waals surface area contributed by atoms with Crippen LogP contribution in [0.5, 0.6) is 0 Å². The third kappa shape index (κ3) is 5.47. The van der Waals surface area contributed by atoms with Crippen molar-refractivity contribution >= 4 is 5.96 Å². The molecule has 4 nitrogen and oxygen atoms in total. The molecule has 0 unspecified atom stereocenters. The highest BCUT2D eigenvalue weighted by Gasteiger charge is 2.27. The fraction of sp³-hybridized carbons (Fsp3) is 0.682. The minimum Gasteiger partial charge on any atom is -0.356 e. The van der Waals surface area contributed by atoms with Gasteiger partial charge in [0.1, 0.15) is 0 Å². The molecule has 1 aliphatic heterocycles. The molecule has 0 atom stereocenters. The van der Waals surface area contributed by atoms with Crippen molar-refractivity contribution in [2.45, 2.75) is 70.4 Å². The van der Waals surface area contributed by atoms with Gasteiger partial charge in [0.2, 0.25) is 0 Å². The summed E-state index contributed by atoms with van der Waals surface area (Å²) in [5.41, 5.74) is 2.79. The zero-order chi connectivity index (χ0) is 18.2. The van der Waals surface area contributed by atoms with Gasteiger partial charge in [-0.05, 0) is 49.7 Å². The molecule has 0 bridgehead atoms. The first-order valence-electron chi connectivity index (χ1n) is 10.6. The van der Waals surface area contributed by atoms with Gasteiger partial charge in [-0.2, -0.15) is 0 Å². The van der Waals surface area contributed by atoms with Gasteiger partial charge in [0.25, 0.3) is 0 Å². The van der Waals surface area contributed by atoms with E-state index in [2.05, 4.69) is 51.7 Å². The molecule has 2 aliphatic rings. The summed E-state index contributed by atoms with van der Waals surface area (Å²) in [7, 11) is 1.87. The van der Waals surface area contributed by atoms with E-state index in [1.54, 1.807) is 0 Å². The molecular formula is C22H36N4. The molecule has 0 amide bonds. The Balaban J connectivity index is 1.36. The summed E-state index contributed by atoms with van der Waals surface area (Å²) in [6.45, 7) is 5.60. The lowest BCUT2D eigenvalue weighted by atomic mass is 10.0. The van der Waals surface area contributed by atoms with Gasteiger partial charge in [-0.25, -0.2) is 0 Å². The van der Waals surface area contributed by atoms with E-state index in [4.69, 9.17) is 0 Å².